The average Bonchev–Trinajstić information content (AvgIpc) is 3.03. The van der Waals surface area contributed by atoms with E-state index in [9.17, 15) is 13.2 Å². The molecule has 1 aliphatic heterocycles. The molecule has 0 unspecified atom stereocenters. The summed E-state index contributed by atoms with van der Waals surface area (Å²) in [6.07, 6.45) is 11.7. The Bertz CT molecular complexity index is 840. The highest BCUT2D eigenvalue weighted by atomic mass is 32.2. The molecule has 0 saturated carbocycles. The quantitative estimate of drug-likeness (QED) is 0.679. The van der Waals surface area contributed by atoms with Crippen LogP contribution in [0.5, 0.6) is 5.75 Å². The third-order valence-electron chi connectivity index (χ3n) is 5.73. The number of carbonyl (C=O) groups excluding carboxylic acids is 1. The summed E-state index contributed by atoms with van der Waals surface area (Å²) >= 11 is 0. The molecule has 160 valence electrons. The first-order valence-electron chi connectivity index (χ1n) is 10.7. The number of hydrogen-bond acceptors (Lipinski definition) is 4. The zero-order valence-electron chi connectivity index (χ0n) is 17.3. The van der Waals surface area contributed by atoms with E-state index >= 15 is 0 Å². The number of nitrogens with one attached hydrogen (secondary N) is 1. The van der Waals surface area contributed by atoms with Crippen molar-refractivity contribution in [2.45, 2.75) is 62.7 Å². The van der Waals surface area contributed by atoms with Gasteiger partial charge in [0.05, 0.1) is 17.6 Å². The molecule has 0 aromatic heterocycles. The van der Waals surface area contributed by atoms with E-state index in [4.69, 9.17) is 4.74 Å². The molecule has 29 heavy (non-hydrogen) atoms. The zero-order valence-corrected chi connectivity index (χ0v) is 18.1. The number of nitrogens with zero attached hydrogens (tertiary/aromatic N) is 1. The molecule has 0 atom stereocenters. The van der Waals surface area contributed by atoms with E-state index in [1.165, 1.54) is 37.7 Å². The van der Waals surface area contributed by atoms with E-state index in [2.05, 4.69) is 10.8 Å². The van der Waals surface area contributed by atoms with E-state index in [0.29, 0.717) is 30.9 Å². The van der Waals surface area contributed by atoms with Gasteiger partial charge in [-0.1, -0.05) is 24.5 Å². The SMILES string of the molecule is COc1ccc(S(=O)(=O)NCCC2=CCCCC2)cc1C(=O)N1CCCCCC1. The van der Waals surface area contributed by atoms with Crippen molar-refractivity contribution in [3.8, 4) is 5.75 Å². The van der Waals surface area contributed by atoms with Gasteiger partial charge in [0.2, 0.25) is 10.0 Å². The maximum atomic E-state index is 13.1. The van der Waals surface area contributed by atoms with Crippen LogP contribution in [-0.2, 0) is 10.0 Å². The maximum Gasteiger partial charge on any atom is 0.257 e. The largest absolute Gasteiger partial charge is 0.496 e. The second-order valence-corrected chi connectivity index (χ2v) is 9.59. The van der Waals surface area contributed by atoms with Crippen molar-refractivity contribution < 1.29 is 17.9 Å². The zero-order chi connectivity index (χ0) is 20.7. The van der Waals surface area contributed by atoms with Crippen molar-refractivity contribution >= 4 is 15.9 Å². The van der Waals surface area contributed by atoms with Crippen molar-refractivity contribution in [3.63, 3.8) is 0 Å². The van der Waals surface area contributed by atoms with Crippen molar-refractivity contribution in [3.05, 3.63) is 35.4 Å². The molecule has 7 heteroatoms. The Kier molecular flexibility index (Phi) is 7.72. The number of carbonyl (C=O) groups is 1. The van der Waals surface area contributed by atoms with Crippen molar-refractivity contribution in [2.24, 2.45) is 0 Å². The fraction of sp³-hybridized carbons (Fsp3) is 0.591. The summed E-state index contributed by atoms with van der Waals surface area (Å²) in [6, 6.07) is 4.53. The van der Waals surface area contributed by atoms with Gasteiger partial charge in [-0.15, -0.1) is 0 Å². The van der Waals surface area contributed by atoms with Gasteiger partial charge in [0.15, 0.2) is 0 Å². The molecule has 1 aromatic rings. The number of ether oxygens (including phenoxy) is 1. The van der Waals surface area contributed by atoms with Crippen LogP contribution in [0, 0.1) is 0 Å². The number of benzene rings is 1. The summed E-state index contributed by atoms with van der Waals surface area (Å²) in [5, 5.41) is 0. The average molecular weight is 421 g/mol. The van der Waals surface area contributed by atoms with Crippen LogP contribution in [0.2, 0.25) is 0 Å². The van der Waals surface area contributed by atoms with Crippen LogP contribution in [0.25, 0.3) is 0 Å². The maximum absolute atomic E-state index is 13.1. The lowest BCUT2D eigenvalue weighted by Crippen LogP contribution is -2.32. The summed E-state index contributed by atoms with van der Waals surface area (Å²) in [4.78, 5) is 15.0. The normalized spacial score (nSPS) is 18.1. The van der Waals surface area contributed by atoms with Gasteiger partial charge < -0.3 is 9.64 Å². The van der Waals surface area contributed by atoms with Gasteiger partial charge >= 0.3 is 0 Å². The smallest absolute Gasteiger partial charge is 0.257 e. The highest BCUT2D eigenvalue weighted by molar-refractivity contribution is 7.89. The molecule has 1 fully saturated rings. The molecule has 0 radical (unpaired) electrons. The molecule has 1 aliphatic carbocycles. The predicted molar refractivity (Wildman–Crippen MR) is 114 cm³/mol. The Hall–Kier alpha value is -1.86. The van der Waals surface area contributed by atoms with E-state index < -0.39 is 10.0 Å². The monoisotopic (exact) mass is 420 g/mol. The molecule has 1 N–H and O–H groups in total. The van der Waals surface area contributed by atoms with E-state index in [-0.39, 0.29) is 10.8 Å². The lowest BCUT2D eigenvalue weighted by Gasteiger charge is -2.22. The summed E-state index contributed by atoms with van der Waals surface area (Å²) in [7, 11) is -2.18. The van der Waals surface area contributed by atoms with Gasteiger partial charge in [-0.05, 0) is 63.1 Å². The van der Waals surface area contributed by atoms with Gasteiger partial charge in [0, 0.05) is 19.6 Å². The first-order chi connectivity index (χ1) is 14.0. The topological polar surface area (TPSA) is 75.7 Å². The van der Waals surface area contributed by atoms with E-state index in [1.54, 1.807) is 6.07 Å². The highest BCUT2D eigenvalue weighted by Gasteiger charge is 2.24. The molecule has 0 bridgehead atoms. The van der Waals surface area contributed by atoms with Crippen molar-refractivity contribution in [1.82, 2.24) is 9.62 Å². The van der Waals surface area contributed by atoms with Crippen LogP contribution in [0.4, 0.5) is 0 Å². The number of allylic oxidation sites excluding steroid dienone is 1. The number of likely N-dealkylation sites (tertiary alicyclic amines) is 1. The fourth-order valence-corrected chi connectivity index (χ4v) is 5.08. The van der Waals surface area contributed by atoms with Crippen LogP contribution in [0.1, 0.15) is 68.1 Å². The molecule has 1 heterocycles. The lowest BCUT2D eigenvalue weighted by molar-refractivity contribution is 0.0758. The molecule has 1 saturated heterocycles. The van der Waals surface area contributed by atoms with E-state index in [1.807, 2.05) is 4.90 Å². The molecule has 3 rings (SSSR count). The van der Waals surface area contributed by atoms with Gasteiger partial charge in [-0.3, -0.25) is 4.79 Å². The second kappa shape index (κ2) is 10.3. The fourth-order valence-electron chi connectivity index (χ4n) is 4.03. The van der Waals surface area contributed by atoms with Gasteiger partial charge in [0.1, 0.15) is 5.75 Å². The Morgan fingerprint density at radius 3 is 2.52 bits per heavy atom. The molecule has 0 spiro atoms. The summed E-state index contributed by atoms with van der Waals surface area (Å²) in [6.45, 7) is 1.77. The van der Waals surface area contributed by atoms with Crippen LogP contribution >= 0.6 is 0 Å². The van der Waals surface area contributed by atoms with Gasteiger partial charge in [-0.25, -0.2) is 13.1 Å². The molecule has 6 nitrogen and oxygen atoms in total. The van der Waals surface area contributed by atoms with Crippen molar-refractivity contribution in [2.75, 3.05) is 26.7 Å². The standard InChI is InChI=1S/C22H32N2O4S/c1-28-21-12-11-19(17-20(21)22(25)24-15-7-2-3-8-16-24)29(26,27)23-14-13-18-9-5-4-6-10-18/h9,11-12,17,23H,2-8,10,13-16H2,1H3. The third-order valence-corrected chi connectivity index (χ3v) is 7.19. The third kappa shape index (κ3) is 5.82. The Morgan fingerprint density at radius 2 is 1.86 bits per heavy atom. The number of amides is 1. The molecule has 2 aliphatic rings. The minimum absolute atomic E-state index is 0.106. The molecule has 1 aromatic carbocycles. The molecular formula is C22H32N2O4S. The van der Waals surface area contributed by atoms with Crippen LogP contribution < -0.4 is 9.46 Å². The first-order valence-corrected chi connectivity index (χ1v) is 12.1. The van der Waals surface area contributed by atoms with Crippen LogP contribution in [0.15, 0.2) is 34.7 Å². The summed E-state index contributed by atoms with van der Waals surface area (Å²) in [5.74, 6) is 0.249. The van der Waals surface area contributed by atoms with Gasteiger partial charge in [-0.2, -0.15) is 0 Å². The Balaban J connectivity index is 1.73. The minimum Gasteiger partial charge on any atom is -0.496 e. The number of sulfonamides is 1. The Morgan fingerprint density at radius 1 is 1.10 bits per heavy atom. The van der Waals surface area contributed by atoms with Crippen molar-refractivity contribution in [1.29, 1.82) is 0 Å². The first kappa shape index (κ1) is 21.8. The Labute approximate surface area is 174 Å². The molecule has 1 amide bonds. The second-order valence-electron chi connectivity index (χ2n) is 7.82. The van der Waals surface area contributed by atoms with E-state index in [0.717, 1.165) is 44.9 Å². The highest BCUT2D eigenvalue weighted by Crippen LogP contribution is 2.25. The number of hydrogen-bond donors (Lipinski definition) is 1. The lowest BCUT2D eigenvalue weighted by atomic mass is 9.97. The van der Waals surface area contributed by atoms with Crippen LogP contribution in [0.3, 0.4) is 0 Å². The van der Waals surface area contributed by atoms with Gasteiger partial charge in [0.25, 0.3) is 5.91 Å². The van der Waals surface area contributed by atoms with Crippen LogP contribution in [-0.4, -0.2) is 46.0 Å². The summed E-state index contributed by atoms with van der Waals surface area (Å²) in [5.41, 5.74) is 1.64. The number of methoxy groups -OCH3 is 1. The molecular weight excluding hydrogens is 388 g/mol. The predicted octanol–water partition coefficient (Wildman–Crippen LogP) is 3.88. The minimum atomic E-state index is -3.68. The number of rotatable bonds is 7. The summed E-state index contributed by atoms with van der Waals surface area (Å²) < 4.78 is 33.6.